The molecular formula is C17H29NO2. The summed E-state index contributed by atoms with van der Waals surface area (Å²) in [7, 11) is 0. The summed E-state index contributed by atoms with van der Waals surface area (Å²) >= 11 is 0. The molecule has 0 atom stereocenters. The van der Waals surface area contributed by atoms with Crippen molar-refractivity contribution in [2.45, 2.75) is 82.7 Å². The normalized spacial score (nSPS) is 25.0. The number of amides is 1. The molecule has 2 aliphatic carbocycles. The van der Waals surface area contributed by atoms with Crippen molar-refractivity contribution in [3.8, 4) is 0 Å². The number of carbonyl (C=O) groups is 1. The zero-order valence-electron chi connectivity index (χ0n) is 12.7. The van der Waals surface area contributed by atoms with Crippen LogP contribution in [0.3, 0.4) is 0 Å². The van der Waals surface area contributed by atoms with Crippen LogP contribution in [-0.2, 0) is 9.53 Å². The van der Waals surface area contributed by atoms with Gasteiger partial charge in [-0.1, -0.05) is 0 Å². The van der Waals surface area contributed by atoms with Gasteiger partial charge in [-0.25, -0.2) is 0 Å². The summed E-state index contributed by atoms with van der Waals surface area (Å²) in [6.45, 7) is 1.85. The van der Waals surface area contributed by atoms with Gasteiger partial charge in [-0.3, -0.25) is 4.79 Å². The highest BCUT2D eigenvalue weighted by atomic mass is 16.5. The van der Waals surface area contributed by atoms with Gasteiger partial charge in [0.15, 0.2) is 0 Å². The number of rotatable bonds is 6. The molecule has 0 aromatic carbocycles. The van der Waals surface area contributed by atoms with Gasteiger partial charge in [-0.2, -0.15) is 0 Å². The molecule has 1 saturated heterocycles. The molecule has 0 spiro atoms. The lowest BCUT2D eigenvalue weighted by Crippen LogP contribution is -2.52. The molecule has 3 heteroatoms. The second-order valence-corrected chi connectivity index (χ2v) is 6.92. The monoisotopic (exact) mass is 279 g/mol. The van der Waals surface area contributed by atoms with Crippen LogP contribution in [0.15, 0.2) is 0 Å². The topological polar surface area (TPSA) is 29.5 Å². The molecule has 3 rings (SSSR count). The van der Waals surface area contributed by atoms with E-state index in [-0.39, 0.29) is 0 Å². The van der Waals surface area contributed by atoms with Crippen molar-refractivity contribution in [2.75, 3.05) is 13.2 Å². The second kappa shape index (κ2) is 6.93. The van der Waals surface area contributed by atoms with Gasteiger partial charge >= 0.3 is 0 Å². The number of hydrogen-bond donors (Lipinski definition) is 0. The molecule has 0 bridgehead atoms. The van der Waals surface area contributed by atoms with E-state index in [1.165, 1.54) is 57.8 Å². The van der Waals surface area contributed by atoms with Crippen LogP contribution in [0.4, 0.5) is 0 Å². The first-order valence-corrected chi connectivity index (χ1v) is 8.73. The molecule has 0 aromatic heterocycles. The Morgan fingerprint density at radius 3 is 2.05 bits per heavy atom. The average Bonchev–Trinajstić information content (AvgIpc) is 2.35. The minimum Gasteiger partial charge on any atom is -0.381 e. The van der Waals surface area contributed by atoms with E-state index >= 15 is 0 Å². The van der Waals surface area contributed by atoms with Crippen molar-refractivity contribution >= 4 is 5.91 Å². The molecule has 0 N–H and O–H groups in total. The van der Waals surface area contributed by atoms with E-state index in [4.69, 9.17) is 4.74 Å². The third-order valence-corrected chi connectivity index (χ3v) is 5.57. The van der Waals surface area contributed by atoms with Crippen LogP contribution in [0.5, 0.6) is 0 Å². The molecule has 1 heterocycles. The summed E-state index contributed by atoms with van der Waals surface area (Å²) in [4.78, 5) is 14.8. The zero-order valence-corrected chi connectivity index (χ0v) is 12.7. The summed E-state index contributed by atoms with van der Waals surface area (Å²) in [5, 5.41) is 0. The van der Waals surface area contributed by atoms with Crippen LogP contribution in [0.25, 0.3) is 0 Å². The summed E-state index contributed by atoms with van der Waals surface area (Å²) in [5.41, 5.74) is 0. The smallest absolute Gasteiger partial charge is 0.223 e. The van der Waals surface area contributed by atoms with E-state index in [1.807, 2.05) is 0 Å². The predicted octanol–water partition coefficient (Wildman–Crippen LogP) is 3.52. The Labute approximate surface area is 123 Å². The highest BCUT2D eigenvalue weighted by molar-refractivity contribution is 5.77. The summed E-state index contributed by atoms with van der Waals surface area (Å²) in [6.07, 6.45) is 13.1. The minimum absolute atomic E-state index is 0.450. The van der Waals surface area contributed by atoms with Crippen molar-refractivity contribution in [1.29, 1.82) is 0 Å². The van der Waals surface area contributed by atoms with E-state index in [9.17, 15) is 4.79 Å². The molecule has 1 aliphatic heterocycles. The Balaban J connectivity index is 1.41. The largest absolute Gasteiger partial charge is 0.381 e. The maximum atomic E-state index is 12.6. The quantitative estimate of drug-likeness (QED) is 0.744. The average molecular weight is 279 g/mol. The highest BCUT2D eigenvalue weighted by Gasteiger charge is 2.36. The Morgan fingerprint density at radius 2 is 1.55 bits per heavy atom. The van der Waals surface area contributed by atoms with Gasteiger partial charge in [0.25, 0.3) is 0 Å². The molecule has 0 unspecified atom stereocenters. The fourth-order valence-corrected chi connectivity index (χ4v) is 3.74. The summed E-state index contributed by atoms with van der Waals surface area (Å²) < 4.78 is 5.40. The van der Waals surface area contributed by atoms with Crippen molar-refractivity contribution < 1.29 is 9.53 Å². The lowest BCUT2D eigenvalue weighted by Gasteiger charge is -2.46. The molecule has 114 valence electrons. The summed E-state index contributed by atoms with van der Waals surface area (Å²) in [5.74, 6) is 1.25. The van der Waals surface area contributed by atoms with Crippen molar-refractivity contribution in [3.05, 3.63) is 0 Å². The fourth-order valence-electron chi connectivity index (χ4n) is 3.74. The number of carbonyl (C=O) groups excluding carboxylic acids is 1. The van der Waals surface area contributed by atoms with E-state index in [0.29, 0.717) is 18.0 Å². The fraction of sp³-hybridized carbons (Fsp3) is 0.941. The van der Waals surface area contributed by atoms with Crippen LogP contribution < -0.4 is 0 Å². The Kier molecular flexibility index (Phi) is 4.98. The van der Waals surface area contributed by atoms with Crippen LogP contribution in [0, 0.1) is 5.92 Å². The molecule has 0 aromatic rings. The van der Waals surface area contributed by atoms with Gasteiger partial charge in [0.05, 0.1) is 0 Å². The predicted molar refractivity (Wildman–Crippen MR) is 79.5 cm³/mol. The van der Waals surface area contributed by atoms with Crippen molar-refractivity contribution in [3.63, 3.8) is 0 Å². The number of nitrogens with zero attached hydrogens (tertiary/aromatic N) is 1. The third kappa shape index (κ3) is 3.36. The maximum absolute atomic E-state index is 12.6. The zero-order chi connectivity index (χ0) is 13.8. The Bertz CT molecular complexity index is 303. The molecule has 0 radical (unpaired) electrons. The van der Waals surface area contributed by atoms with Gasteiger partial charge in [0, 0.05) is 31.7 Å². The SMILES string of the molecule is O=C(CCCC1CCOCC1)N(C1CCC1)C1CCC1. The van der Waals surface area contributed by atoms with Gasteiger partial charge in [-0.05, 0) is 70.1 Å². The molecule has 3 fully saturated rings. The van der Waals surface area contributed by atoms with Gasteiger partial charge in [0.1, 0.15) is 0 Å². The molecule has 20 heavy (non-hydrogen) atoms. The number of ether oxygens (including phenoxy) is 1. The number of hydrogen-bond acceptors (Lipinski definition) is 2. The van der Waals surface area contributed by atoms with Crippen LogP contribution >= 0.6 is 0 Å². The maximum Gasteiger partial charge on any atom is 0.223 e. The van der Waals surface area contributed by atoms with Crippen LogP contribution in [0.1, 0.15) is 70.6 Å². The third-order valence-electron chi connectivity index (χ3n) is 5.57. The molecule has 3 aliphatic rings. The van der Waals surface area contributed by atoms with E-state index < -0.39 is 0 Å². The van der Waals surface area contributed by atoms with Gasteiger partial charge in [-0.15, -0.1) is 0 Å². The summed E-state index contributed by atoms with van der Waals surface area (Å²) in [6, 6.07) is 1.19. The molecule has 1 amide bonds. The Morgan fingerprint density at radius 1 is 0.950 bits per heavy atom. The lowest BCUT2D eigenvalue weighted by molar-refractivity contribution is -0.140. The van der Waals surface area contributed by atoms with Gasteiger partial charge in [0.2, 0.25) is 5.91 Å². The second-order valence-electron chi connectivity index (χ2n) is 6.92. The van der Waals surface area contributed by atoms with E-state index in [0.717, 1.165) is 32.0 Å². The van der Waals surface area contributed by atoms with Crippen LogP contribution in [0.2, 0.25) is 0 Å². The molecule has 2 saturated carbocycles. The first-order chi connectivity index (χ1) is 9.84. The van der Waals surface area contributed by atoms with Gasteiger partial charge < -0.3 is 9.64 Å². The molecular weight excluding hydrogens is 250 g/mol. The molecule has 3 nitrogen and oxygen atoms in total. The first kappa shape index (κ1) is 14.4. The minimum atomic E-state index is 0.450. The van der Waals surface area contributed by atoms with Crippen molar-refractivity contribution in [1.82, 2.24) is 4.90 Å². The van der Waals surface area contributed by atoms with Crippen LogP contribution in [-0.4, -0.2) is 36.1 Å². The standard InChI is InChI=1S/C17H29NO2/c19-17(9-1-4-14-10-12-20-13-11-14)18(15-5-2-6-15)16-7-3-8-16/h14-16H,1-13H2. The van der Waals surface area contributed by atoms with Crippen molar-refractivity contribution in [2.24, 2.45) is 5.92 Å². The Hall–Kier alpha value is -0.570. The first-order valence-electron chi connectivity index (χ1n) is 8.73. The van der Waals surface area contributed by atoms with E-state index in [1.54, 1.807) is 0 Å². The lowest BCUT2D eigenvalue weighted by atomic mass is 9.84. The van der Waals surface area contributed by atoms with E-state index in [2.05, 4.69) is 4.90 Å². The highest BCUT2D eigenvalue weighted by Crippen LogP contribution is 2.34.